The van der Waals surface area contributed by atoms with Crippen molar-refractivity contribution in [1.82, 2.24) is 4.90 Å². The molecule has 1 aromatic rings. The molecule has 0 aromatic heterocycles. The molecule has 1 aromatic carbocycles. The van der Waals surface area contributed by atoms with E-state index in [0.29, 0.717) is 25.3 Å². The maximum absolute atomic E-state index is 13.8. The summed E-state index contributed by atoms with van der Waals surface area (Å²) in [6, 6.07) is 3.36. The Balaban J connectivity index is 2.84. The number of halogens is 2. The van der Waals surface area contributed by atoms with Crippen molar-refractivity contribution >= 4 is 0 Å². The summed E-state index contributed by atoms with van der Waals surface area (Å²) in [6.07, 6.45) is 0. The van der Waals surface area contributed by atoms with Crippen LogP contribution >= 0.6 is 0 Å². The second-order valence-electron chi connectivity index (χ2n) is 4.24. The topological polar surface area (TPSA) is 38.5 Å². The van der Waals surface area contributed by atoms with E-state index in [-0.39, 0.29) is 12.6 Å². The van der Waals surface area contributed by atoms with Crippen LogP contribution in [0.5, 0.6) is 0 Å². The molecule has 1 atom stereocenters. The molecule has 0 fully saturated rings. The fraction of sp³-hybridized carbons (Fsp3) is 0.571. The lowest BCUT2D eigenvalue weighted by molar-refractivity contribution is 0.0972. The summed E-state index contributed by atoms with van der Waals surface area (Å²) in [5, 5.41) is 0. The summed E-state index contributed by atoms with van der Waals surface area (Å²) in [5.41, 5.74) is 6.18. The minimum absolute atomic E-state index is 0.258. The van der Waals surface area contributed by atoms with Crippen molar-refractivity contribution in [2.24, 2.45) is 5.73 Å². The number of nitrogens with two attached hydrogens (primary N) is 1. The predicted molar refractivity (Wildman–Crippen MR) is 71.9 cm³/mol. The molecule has 0 spiro atoms. The molecule has 2 N–H and O–H groups in total. The number of ether oxygens (including phenoxy) is 1. The molecule has 3 nitrogen and oxygen atoms in total. The molecule has 0 radical (unpaired) electrons. The lowest BCUT2D eigenvalue weighted by atomic mass is 10.0. The van der Waals surface area contributed by atoms with Gasteiger partial charge in [0.25, 0.3) is 0 Å². The molecule has 0 aliphatic rings. The van der Waals surface area contributed by atoms with E-state index in [9.17, 15) is 8.78 Å². The number of rotatable bonds is 8. The zero-order valence-electron chi connectivity index (χ0n) is 11.5. The van der Waals surface area contributed by atoms with E-state index in [4.69, 9.17) is 10.5 Å². The van der Waals surface area contributed by atoms with Gasteiger partial charge in [0.05, 0.1) is 6.61 Å². The van der Waals surface area contributed by atoms with Crippen molar-refractivity contribution in [2.45, 2.75) is 19.9 Å². The summed E-state index contributed by atoms with van der Waals surface area (Å²) >= 11 is 0. The van der Waals surface area contributed by atoms with Gasteiger partial charge in [0.1, 0.15) is 11.6 Å². The molecule has 1 rings (SSSR count). The van der Waals surface area contributed by atoms with Gasteiger partial charge in [-0.3, -0.25) is 4.90 Å². The zero-order valence-corrected chi connectivity index (χ0v) is 11.5. The average Bonchev–Trinajstić information content (AvgIpc) is 2.39. The Morgan fingerprint density at radius 1 is 1.32 bits per heavy atom. The smallest absolute Gasteiger partial charge is 0.130 e. The van der Waals surface area contributed by atoms with Crippen LogP contribution in [0.3, 0.4) is 0 Å². The van der Waals surface area contributed by atoms with Gasteiger partial charge in [-0.2, -0.15) is 0 Å². The Hall–Kier alpha value is -1.04. The van der Waals surface area contributed by atoms with Crippen LogP contribution < -0.4 is 5.73 Å². The summed E-state index contributed by atoms with van der Waals surface area (Å²) in [5.74, 6) is -1.13. The van der Waals surface area contributed by atoms with Crippen molar-refractivity contribution in [3.05, 3.63) is 35.4 Å². The lowest BCUT2D eigenvalue weighted by Gasteiger charge is -2.30. The minimum atomic E-state index is -0.575. The molecule has 0 amide bonds. The van der Waals surface area contributed by atoms with Gasteiger partial charge in [0, 0.05) is 37.4 Å². The van der Waals surface area contributed by atoms with Crippen LogP contribution in [0.4, 0.5) is 8.78 Å². The maximum atomic E-state index is 13.8. The first-order valence-corrected chi connectivity index (χ1v) is 6.60. The van der Waals surface area contributed by atoms with E-state index in [0.717, 1.165) is 12.6 Å². The van der Waals surface area contributed by atoms with E-state index < -0.39 is 11.6 Å². The summed E-state index contributed by atoms with van der Waals surface area (Å²) in [4.78, 5) is 2.03. The van der Waals surface area contributed by atoms with Gasteiger partial charge in [0.2, 0.25) is 0 Å². The number of hydrogen-bond donors (Lipinski definition) is 1. The third-order valence-corrected chi connectivity index (χ3v) is 3.12. The Kier molecular flexibility index (Phi) is 6.91. The monoisotopic (exact) mass is 272 g/mol. The first kappa shape index (κ1) is 16.0. The Morgan fingerprint density at radius 2 is 2.05 bits per heavy atom. The molecule has 0 aliphatic heterocycles. The third-order valence-electron chi connectivity index (χ3n) is 3.12. The van der Waals surface area contributed by atoms with Crippen LogP contribution in [-0.4, -0.2) is 37.7 Å². The van der Waals surface area contributed by atoms with E-state index in [2.05, 4.69) is 0 Å². The maximum Gasteiger partial charge on any atom is 0.130 e. The SMILES string of the molecule is CCOCCN(CC)C(CN)c1ccc(F)cc1F. The molecule has 0 saturated heterocycles. The number of benzene rings is 1. The highest BCUT2D eigenvalue weighted by Gasteiger charge is 2.20. The van der Waals surface area contributed by atoms with E-state index in [1.807, 2.05) is 18.7 Å². The van der Waals surface area contributed by atoms with Crippen LogP contribution in [0.1, 0.15) is 25.5 Å². The van der Waals surface area contributed by atoms with Gasteiger partial charge < -0.3 is 10.5 Å². The summed E-state index contributed by atoms with van der Waals surface area (Å²) < 4.78 is 32.1. The lowest BCUT2D eigenvalue weighted by Crippen LogP contribution is -2.36. The van der Waals surface area contributed by atoms with Gasteiger partial charge in [0.15, 0.2) is 0 Å². The van der Waals surface area contributed by atoms with Crippen molar-refractivity contribution in [3.8, 4) is 0 Å². The van der Waals surface area contributed by atoms with E-state index in [1.54, 1.807) is 0 Å². The standard InChI is InChI=1S/C14H22F2N2O/c1-3-18(7-8-19-4-2)14(10-17)12-6-5-11(15)9-13(12)16/h5-6,9,14H,3-4,7-8,10,17H2,1-2H3. The Labute approximate surface area is 113 Å². The van der Waals surface area contributed by atoms with Crippen LogP contribution in [-0.2, 0) is 4.74 Å². The number of hydrogen-bond acceptors (Lipinski definition) is 3. The summed E-state index contributed by atoms with van der Waals surface area (Å²) in [7, 11) is 0. The molecule has 19 heavy (non-hydrogen) atoms. The predicted octanol–water partition coefficient (Wildman–Crippen LogP) is 2.32. The first-order valence-electron chi connectivity index (χ1n) is 6.60. The Bertz CT molecular complexity index is 388. The molecule has 5 heteroatoms. The van der Waals surface area contributed by atoms with E-state index in [1.165, 1.54) is 12.1 Å². The van der Waals surface area contributed by atoms with Gasteiger partial charge in [-0.05, 0) is 19.5 Å². The molecule has 108 valence electrons. The van der Waals surface area contributed by atoms with Crippen molar-refractivity contribution in [3.63, 3.8) is 0 Å². The molecular formula is C14H22F2N2O. The highest BCUT2D eigenvalue weighted by atomic mass is 19.1. The van der Waals surface area contributed by atoms with E-state index >= 15 is 0 Å². The molecule has 1 unspecified atom stereocenters. The average molecular weight is 272 g/mol. The van der Waals surface area contributed by atoms with Gasteiger partial charge >= 0.3 is 0 Å². The zero-order chi connectivity index (χ0) is 14.3. The van der Waals surface area contributed by atoms with Crippen molar-refractivity contribution in [2.75, 3.05) is 32.8 Å². The van der Waals surface area contributed by atoms with Gasteiger partial charge in [-0.25, -0.2) is 8.78 Å². The molecule has 0 saturated carbocycles. The van der Waals surface area contributed by atoms with Crippen molar-refractivity contribution < 1.29 is 13.5 Å². The highest BCUT2D eigenvalue weighted by molar-refractivity contribution is 5.22. The number of nitrogens with zero attached hydrogens (tertiary/aromatic N) is 1. The van der Waals surface area contributed by atoms with Crippen LogP contribution in [0.15, 0.2) is 18.2 Å². The quantitative estimate of drug-likeness (QED) is 0.738. The third kappa shape index (κ3) is 4.53. The second-order valence-corrected chi connectivity index (χ2v) is 4.24. The fourth-order valence-corrected chi connectivity index (χ4v) is 2.10. The summed E-state index contributed by atoms with van der Waals surface area (Å²) in [6.45, 7) is 6.81. The van der Waals surface area contributed by atoms with Gasteiger partial charge in [-0.1, -0.05) is 13.0 Å². The second kappa shape index (κ2) is 8.19. The van der Waals surface area contributed by atoms with Gasteiger partial charge in [-0.15, -0.1) is 0 Å². The fourth-order valence-electron chi connectivity index (χ4n) is 2.10. The first-order chi connectivity index (χ1) is 9.13. The number of likely N-dealkylation sites (N-methyl/N-ethyl adjacent to an activating group) is 1. The van der Waals surface area contributed by atoms with Crippen LogP contribution in [0, 0.1) is 11.6 Å². The Morgan fingerprint density at radius 3 is 2.58 bits per heavy atom. The molecule has 0 bridgehead atoms. The van der Waals surface area contributed by atoms with Crippen LogP contribution in [0.25, 0.3) is 0 Å². The molecule has 0 heterocycles. The molecular weight excluding hydrogens is 250 g/mol. The normalized spacial score (nSPS) is 12.9. The van der Waals surface area contributed by atoms with Crippen molar-refractivity contribution in [1.29, 1.82) is 0 Å². The van der Waals surface area contributed by atoms with Crippen LogP contribution in [0.2, 0.25) is 0 Å². The minimum Gasteiger partial charge on any atom is -0.380 e. The highest BCUT2D eigenvalue weighted by Crippen LogP contribution is 2.23. The largest absolute Gasteiger partial charge is 0.380 e. The molecule has 0 aliphatic carbocycles.